The van der Waals surface area contributed by atoms with Crippen molar-refractivity contribution in [1.82, 2.24) is 25.1 Å². The normalized spacial score (nSPS) is 12.5. The zero-order chi connectivity index (χ0) is 24.0. The average molecular weight is 455 g/mol. The first-order valence-electron chi connectivity index (χ1n) is 11.3. The minimum Gasteiger partial charge on any atom is -0.348 e. The summed E-state index contributed by atoms with van der Waals surface area (Å²) in [6.07, 6.45) is 3.55. The molecule has 4 aromatic rings. The van der Waals surface area contributed by atoms with Crippen LogP contribution in [-0.4, -0.2) is 31.9 Å². The third-order valence-electron chi connectivity index (χ3n) is 6.15. The number of aryl methyl sites for hydroxylation is 2. The predicted octanol–water partition coefficient (Wildman–Crippen LogP) is 3.85. The minimum atomic E-state index is -0.277. The number of nitrogens with zero attached hydrogens (tertiary/aromatic N) is 4. The molecule has 1 amide bonds. The van der Waals surface area contributed by atoms with Crippen LogP contribution in [0.5, 0.6) is 0 Å². The van der Waals surface area contributed by atoms with Crippen LogP contribution in [0.2, 0.25) is 0 Å². The van der Waals surface area contributed by atoms with Crippen LogP contribution in [0.3, 0.4) is 0 Å². The molecule has 2 N–H and O–H groups in total. The zero-order valence-electron chi connectivity index (χ0n) is 19.6. The maximum Gasteiger partial charge on any atom is 0.253 e. The predicted molar refractivity (Wildman–Crippen MR) is 132 cm³/mol. The summed E-state index contributed by atoms with van der Waals surface area (Å²) in [7, 11) is 0. The number of aromatic amines is 1. The van der Waals surface area contributed by atoms with Gasteiger partial charge in [0.25, 0.3) is 11.5 Å². The van der Waals surface area contributed by atoms with Crippen molar-refractivity contribution in [2.75, 3.05) is 0 Å². The smallest absolute Gasteiger partial charge is 0.253 e. The second-order valence-electron chi connectivity index (χ2n) is 8.98. The average Bonchev–Trinajstić information content (AvgIpc) is 3.43. The molecule has 0 aliphatic carbocycles. The fraction of sp³-hybridized carbons (Fsp3) is 0.269. The molecule has 1 aromatic carbocycles. The van der Waals surface area contributed by atoms with Gasteiger partial charge in [0.2, 0.25) is 0 Å². The number of hydrogen-bond acceptors (Lipinski definition) is 5. The van der Waals surface area contributed by atoms with Gasteiger partial charge in [0.1, 0.15) is 0 Å². The standard InChI is InChI=1S/C26H26N6O2/c1-14(2)32-24-22(13-29-32)20(25(33)28-12-21-15(3)7-16(4)30-26(21)34)9-23(31-24)17-5-6-18-10-27-11-19(18)8-17/h5-10,13-14H,11-12H2,1-4H3,(H,28,33)(H,30,34). The Morgan fingerprint density at radius 3 is 2.79 bits per heavy atom. The number of hydrogen-bond donors (Lipinski definition) is 2. The Morgan fingerprint density at radius 1 is 1.21 bits per heavy atom. The van der Waals surface area contributed by atoms with Crippen molar-refractivity contribution in [3.63, 3.8) is 0 Å². The van der Waals surface area contributed by atoms with Crippen LogP contribution in [0.4, 0.5) is 0 Å². The lowest BCUT2D eigenvalue weighted by Crippen LogP contribution is -2.28. The monoisotopic (exact) mass is 454 g/mol. The van der Waals surface area contributed by atoms with E-state index >= 15 is 0 Å². The number of carbonyl (C=O) groups excluding carboxylic acids is 1. The van der Waals surface area contributed by atoms with Gasteiger partial charge in [-0.25, -0.2) is 9.67 Å². The lowest BCUT2D eigenvalue weighted by molar-refractivity contribution is 0.0952. The molecule has 0 fully saturated rings. The Hall–Kier alpha value is -4.07. The summed E-state index contributed by atoms with van der Waals surface area (Å²) in [4.78, 5) is 37.8. The van der Waals surface area contributed by atoms with E-state index in [2.05, 4.69) is 26.5 Å². The highest BCUT2D eigenvalue weighted by atomic mass is 16.1. The van der Waals surface area contributed by atoms with Crippen molar-refractivity contribution in [2.24, 2.45) is 4.99 Å². The van der Waals surface area contributed by atoms with Gasteiger partial charge in [-0.15, -0.1) is 0 Å². The van der Waals surface area contributed by atoms with Crippen molar-refractivity contribution in [3.05, 3.63) is 80.4 Å². The molecule has 1 aliphatic rings. The zero-order valence-corrected chi connectivity index (χ0v) is 19.6. The molecular formula is C26H26N6O2. The van der Waals surface area contributed by atoms with E-state index < -0.39 is 0 Å². The Labute approximate surface area is 196 Å². The topological polar surface area (TPSA) is 105 Å². The molecule has 0 saturated heterocycles. The van der Waals surface area contributed by atoms with Gasteiger partial charge in [-0.2, -0.15) is 5.10 Å². The molecule has 0 atom stereocenters. The number of H-pyrrole nitrogens is 1. The minimum absolute atomic E-state index is 0.0818. The van der Waals surface area contributed by atoms with Crippen molar-refractivity contribution in [3.8, 4) is 11.3 Å². The Balaban J connectivity index is 1.56. The fourth-order valence-corrected chi connectivity index (χ4v) is 4.37. The number of benzene rings is 1. The van der Waals surface area contributed by atoms with E-state index in [9.17, 15) is 9.59 Å². The van der Waals surface area contributed by atoms with E-state index in [1.165, 1.54) is 0 Å². The molecule has 0 spiro atoms. The number of carbonyl (C=O) groups is 1. The molecule has 1 aliphatic heterocycles. The number of fused-ring (bicyclic) bond motifs is 2. The third kappa shape index (κ3) is 3.81. The van der Waals surface area contributed by atoms with E-state index in [4.69, 9.17) is 4.98 Å². The second-order valence-corrected chi connectivity index (χ2v) is 8.98. The number of rotatable bonds is 5. The molecule has 5 rings (SSSR count). The van der Waals surface area contributed by atoms with Crippen molar-refractivity contribution < 1.29 is 4.79 Å². The lowest BCUT2D eigenvalue weighted by atomic mass is 10.0. The largest absolute Gasteiger partial charge is 0.348 e. The van der Waals surface area contributed by atoms with Crippen LogP contribution < -0.4 is 10.9 Å². The van der Waals surface area contributed by atoms with Gasteiger partial charge in [-0.3, -0.25) is 14.6 Å². The molecule has 0 unspecified atom stereocenters. The molecule has 4 heterocycles. The number of pyridine rings is 2. The molecule has 3 aromatic heterocycles. The lowest BCUT2D eigenvalue weighted by Gasteiger charge is -2.12. The van der Waals surface area contributed by atoms with Crippen LogP contribution in [0.1, 0.15) is 58.2 Å². The summed E-state index contributed by atoms with van der Waals surface area (Å²) in [5.74, 6) is -0.277. The maximum absolute atomic E-state index is 13.4. The summed E-state index contributed by atoms with van der Waals surface area (Å²) >= 11 is 0. The number of amides is 1. The molecule has 0 bridgehead atoms. The molecule has 172 valence electrons. The van der Waals surface area contributed by atoms with Crippen molar-refractivity contribution in [2.45, 2.75) is 46.8 Å². The summed E-state index contributed by atoms with van der Waals surface area (Å²) < 4.78 is 1.82. The summed E-state index contributed by atoms with van der Waals surface area (Å²) in [5.41, 5.74) is 6.97. The Kier molecular flexibility index (Phi) is 5.36. The summed E-state index contributed by atoms with van der Waals surface area (Å²) in [6, 6.07) is 9.88. The number of nitrogens with one attached hydrogen (secondary N) is 2. The van der Waals surface area contributed by atoms with Gasteiger partial charge in [0.05, 0.1) is 29.4 Å². The highest BCUT2D eigenvalue weighted by Gasteiger charge is 2.20. The van der Waals surface area contributed by atoms with Crippen molar-refractivity contribution >= 4 is 23.2 Å². The molecule has 0 radical (unpaired) electrons. The summed E-state index contributed by atoms with van der Waals surface area (Å²) in [6.45, 7) is 8.54. The Morgan fingerprint density at radius 2 is 2.03 bits per heavy atom. The molecule has 8 nitrogen and oxygen atoms in total. The second kappa shape index (κ2) is 8.37. The van der Waals surface area contributed by atoms with E-state index in [1.807, 2.05) is 56.8 Å². The van der Waals surface area contributed by atoms with Crippen LogP contribution in [0, 0.1) is 13.8 Å². The van der Waals surface area contributed by atoms with Gasteiger partial charge in [0.15, 0.2) is 5.65 Å². The van der Waals surface area contributed by atoms with Crippen LogP contribution >= 0.6 is 0 Å². The van der Waals surface area contributed by atoms with Gasteiger partial charge >= 0.3 is 0 Å². The number of aromatic nitrogens is 4. The molecule has 0 saturated carbocycles. The van der Waals surface area contributed by atoms with Gasteiger partial charge < -0.3 is 10.3 Å². The highest BCUT2D eigenvalue weighted by Crippen LogP contribution is 2.28. The van der Waals surface area contributed by atoms with E-state index in [0.717, 1.165) is 27.9 Å². The number of aliphatic imine (C=N–C) groups is 1. The van der Waals surface area contributed by atoms with Crippen LogP contribution in [-0.2, 0) is 13.1 Å². The SMILES string of the molecule is Cc1cc(C)c(CNC(=O)c2cc(-c3ccc4c(c3)CN=C4)nc3c2cnn3C(C)C)c(=O)[nH]1. The van der Waals surface area contributed by atoms with Crippen molar-refractivity contribution in [1.29, 1.82) is 0 Å². The van der Waals surface area contributed by atoms with Gasteiger partial charge in [-0.05, 0) is 62.6 Å². The van der Waals surface area contributed by atoms with Crippen LogP contribution in [0.25, 0.3) is 22.3 Å². The molecular weight excluding hydrogens is 428 g/mol. The summed E-state index contributed by atoms with van der Waals surface area (Å²) in [5, 5.41) is 8.08. The van der Waals surface area contributed by atoms with E-state index in [0.29, 0.717) is 34.4 Å². The molecule has 8 heteroatoms. The van der Waals surface area contributed by atoms with Crippen LogP contribution in [0.15, 0.2) is 46.3 Å². The Bertz CT molecular complexity index is 1530. The first-order chi connectivity index (χ1) is 16.3. The molecule has 34 heavy (non-hydrogen) atoms. The van der Waals surface area contributed by atoms with E-state index in [1.54, 1.807) is 12.3 Å². The van der Waals surface area contributed by atoms with Gasteiger partial charge in [-0.1, -0.05) is 12.1 Å². The quantitative estimate of drug-likeness (QED) is 0.478. The van der Waals surface area contributed by atoms with Gasteiger partial charge in [0, 0.05) is 35.6 Å². The highest BCUT2D eigenvalue weighted by molar-refractivity contribution is 6.06. The first-order valence-corrected chi connectivity index (χ1v) is 11.3. The third-order valence-corrected chi connectivity index (χ3v) is 6.15. The van der Waals surface area contributed by atoms with E-state index in [-0.39, 0.29) is 24.1 Å². The first kappa shape index (κ1) is 21.8. The maximum atomic E-state index is 13.4. The fourth-order valence-electron chi connectivity index (χ4n) is 4.37.